The number of ether oxygens (including phenoxy) is 3. The molecule has 0 aliphatic heterocycles. The second kappa shape index (κ2) is 7.92. The molecule has 5 heteroatoms. The molecule has 0 aliphatic carbocycles. The fourth-order valence-corrected chi connectivity index (χ4v) is 1.84. The van der Waals surface area contributed by atoms with E-state index in [2.05, 4.69) is 5.32 Å². The molecule has 1 amide bonds. The second-order valence-corrected chi connectivity index (χ2v) is 6.33. The van der Waals surface area contributed by atoms with Crippen LogP contribution in [-0.2, 0) is 11.2 Å². The third-order valence-corrected chi connectivity index (χ3v) is 2.67. The lowest BCUT2D eigenvalue weighted by atomic mass is 10.1. The molecule has 0 aromatic heterocycles. The van der Waals surface area contributed by atoms with Crippen LogP contribution in [-0.4, -0.2) is 31.5 Å². The Hall–Kier alpha value is -1.91. The number of hydrogen-bond donors (Lipinski definition) is 1. The van der Waals surface area contributed by atoms with Gasteiger partial charge in [-0.25, -0.2) is 4.79 Å². The largest absolute Gasteiger partial charge is 0.493 e. The summed E-state index contributed by atoms with van der Waals surface area (Å²) in [5.74, 6) is 1.42. The summed E-state index contributed by atoms with van der Waals surface area (Å²) in [6.45, 7) is 9.96. The summed E-state index contributed by atoms with van der Waals surface area (Å²) in [4.78, 5) is 11.6. The molecule has 0 unspecified atom stereocenters. The van der Waals surface area contributed by atoms with Crippen molar-refractivity contribution in [3.8, 4) is 11.5 Å². The highest BCUT2D eigenvalue weighted by Crippen LogP contribution is 2.29. The number of benzene rings is 1. The van der Waals surface area contributed by atoms with E-state index in [9.17, 15) is 4.79 Å². The van der Waals surface area contributed by atoms with E-state index in [0.29, 0.717) is 18.7 Å². The van der Waals surface area contributed by atoms with Crippen LogP contribution < -0.4 is 14.8 Å². The van der Waals surface area contributed by atoms with E-state index in [4.69, 9.17) is 14.2 Å². The molecule has 0 fully saturated rings. The normalized spacial score (nSPS) is 11.2. The Bertz CT molecular complexity index is 492. The second-order valence-electron chi connectivity index (χ2n) is 6.33. The molecule has 1 aromatic carbocycles. The summed E-state index contributed by atoms with van der Waals surface area (Å²) >= 11 is 0. The highest BCUT2D eigenvalue weighted by atomic mass is 16.6. The molecule has 1 rings (SSSR count). The van der Waals surface area contributed by atoms with Crippen LogP contribution >= 0.6 is 0 Å². The quantitative estimate of drug-likeness (QED) is 0.873. The first-order valence-electron chi connectivity index (χ1n) is 7.51. The fourth-order valence-electron chi connectivity index (χ4n) is 1.84. The monoisotopic (exact) mass is 309 g/mol. The molecule has 22 heavy (non-hydrogen) atoms. The van der Waals surface area contributed by atoms with Gasteiger partial charge in [-0.3, -0.25) is 0 Å². The molecule has 0 bridgehead atoms. The minimum atomic E-state index is -0.483. The number of carbonyl (C=O) groups excluding carboxylic acids is 1. The van der Waals surface area contributed by atoms with Gasteiger partial charge >= 0.3 is 6.09 Å². The van der Waals surface area contributed by atoms with Gasteiger partial charge in [0.1, 0.15) is 5.60 Å². The van der Waals surface area contributed by atoms with Crippen molar-refractivity contribution < 1.29 is 19.0 Å². The molecule has 0 heterocycles. The van der Waals surface area contributed by atoms with E-state index in [-0.39, 0.29) is 6.10 Å². The fraction of sp³-hybridized carbons (Fsp3) is 0.588. The lowest BCUT2D eigenvalue weighted by Crippen LogP contribution is -2.33. The molecule has 0 saturated heterocycles. The van der Waals surface area contributed by atoms with Gasteiger partial charge in [0, 0.05) is 6.54 Å². The van der Waals surface area contributed by atoms with Gasteiger partial charge in [-0.2, -0.15) is 0 Å². The number of rotatable bonds is 6. The molecule has 0 aliphatic rings. The van der Waals surface area contributed by atoms with Gasteiger partial charge in [0.2, 0.25) is 0 Å². The number of nitrogens with one attached hydrogen (secondary N) is 1. The van der Waals surface area contributed by atoms with Crippen LogP contribution in [0.4, 0.5) is 4.79 Å². The van der Waals surface area contributed by atoms with E-state index in [0.717, 1.165) is 11.3 Å². The maximum atomic E-state index is 11.6. The Morgan fingerprint density at radius 3 is 2.45 bits per heavy atom. The molecular weight excluding hydrogens is 282 g/mol. The van der Waals surface area contributed by atoms with Gasteiger partial charge < -0.3 is 19.5 Å². The van der Waals surface area contributed by atoms with E-state index >= 15 is 0 Å². The van der Waals surface area contributed by atoms with Crippen LogP contribution in [0, 0.1) is 0 Å². The summed E-state index contributed by atoms with van der Waals surface area (Å²) in [6, 6.07) is 5.78. The van der Waals surface area contributed by atoms with Gasteiger partial charge in [-0.1, -0.05) is 6.07 Å². The van der Waals surface area contributed by atoms with Crippen molar-refractivity contribution in [2.75, 3.05) is 13.7 Å². The topological polar surface area (TPSA) is 56.8 Å². The van der Waals surface area contributed by atoms with Crippen molar-refractivity contribution in [3.63, 3.8) is 0 Å². The number of carbonyl (C=O) groups is 1. The van der Waals surface area contributed by atoms with Crippen molar-refractivity contribution in [3.05, 3.63) is 23.8 Å². The zero-order valence-electron chi connectivity index (χ0n) is 14.4. The van der Waals surface area contributed by atoms with Crippen LogP contribution in [0.1, 0.15) is 40.2 Å². The Balaban J connectivity index is 2.55. The SMILES string of the molecule is COc1cc(CCNC(=O)OC(C)(C)C)ccc1OC(C)C. The molecule has 0 saturated carbocycles. The van der Waals surface area contributed by atoms with Gasteiger partial charge in [0.25, 0.3) is 0 Å². The summed E-state index contributed by atoms with van der Waals surface area (Å²) in [5, 5.41) is 2.74. The summed E-state index contributed by atoms with van der Waals surface area (Å²) < 4.78 is 16.2. The third kappa shape index (κ3) is 6.70. The maximum Gasteiger partial charge on any atom is 0.407 e. The smallest absolute Gasteiger partial charge is 0.407 e. The zero-order chi connectivity index (χ0) is 16.8. The van der Waals surface area contributed by atoms with Crippen molar-refractivity contribution in [2.45, 2.75) is 52.7 Å². The van der Waals surface area contributed by atoms with Crippen molar-refractivity contribution in [2.24, 2.45) is 0 Å². The maximum absolute atomic E-state index is 11.6. The number of hydrogen-bond acceptors (Lipinski definition) is 4. The molecule has 0 atom stereocenters. The highest BCUT2D eigenvalue weighted by Gasteiger charge is 2.15. The van der Waals surface area contributed by atoms with Crippen LogP contribution in [0.15, 0.2) is 18.2 Å². The molecule has 0 spiro atoms. The minimum absolute atomic E-state index is 0.0913. The van der Waals surface area contributed by atoms with Crippen LogP contribution in [0.25, 0.3) is 0 Å². The van der Waals surface area contributed by atoms with Crippen LogP contribution in [0.5, 0.6) is 11.5 Å². The highest BCUT2D eigenvalue weighted by molar-refractivity contribution is 5.67. The van der Waals surface area contributed by atoms with Crippen LogP contribution in [0.3, 0.4) is 0 Å². The van der Waals surface area contributed by atoms with E-state index in [1.54, 1.807) is 7.11 Å². The van der Waals surface area contributed by atoms with Gasteiger partial charge in [-0.05, 0) is 58.7 Å². The standard InChI is InChI=1S/C17H27NO4/c1-12(2)21-14-8-7-13(11-15(14)20-6)9-10-18-16(19)22-17(3,4)5/h7-8,11-12H,9-10H2,1-6H3,(H,18,19). The Kier molecular flexibility index (Phi) is 6.53. The first kappa shape index (κ1) is 18.1. The molecule has 5 nitrogen and oxygen atoms in total. The first-order valence-corrected chi connectivity index (χ1v) is 7.51. The van der Waals surface area contributed by atoms with Gasteiger partial charge in [0.05, 0.1) is 13.2 Å². The molecule has 1 N–H and O–H groups in total. The van der Waals surface area contributed by atoms with Gasteiger partial charge in [0.15, 0.2) is 11.5 Å². The van der Waals surface area contributed by atoms with Gasteiger partial charge in [-0.15, -0.1) is 0 Å². The van der Waals surface area contributed by atoms with Crippen LogP contribution in [0.2, 0.25) is 0 Å². The lowest BCUT2D eigenvalue weighted by Gasteiger charge is -2.19. The van der Waals surface area contributed by atoms with Crippen molar-refractivity contribution in [1.29, 1.82) is 0 Å². The average Bonchev–Trinajstić information content (AvgIpc) is 2.37. The lowest BCUT2D eigenvalue weighted by molar-refractivity contribution is 0.0528. The summed E-state index contributed by atoms with van der Waals surface area (Å²) in [5.41, 5.74) is 0.576. The minimum Gasteiger partial charge on any atom is -0.493 e. The Morgan fingerprint density at radius 2 is 1.91 bits per heavy atom. The number of methoxy groups -OCH3 is 1. The van der Waals surface area contributed by atoms with Crippen molar-refractivity contribution >= 4 is 6.09 Å². The zero-order valence-corrected chi connectivity index (χ0v) is 14.4. The van der Waals surface area contributed by atoms with E-state index in [1.165, 1.54) is 0 Å². The third-order valence-electron chi connectivity index (χ3n) is 2.67. The molecular formula is C17H27NO4. The Morgan fingerprint density at radius 1 is 1.23 bits per heavy atom. The van der Waals surface area contributed by atoms with E-state index < -0.39 is 11.7 Å². The predicted molar refractivity (Wildman–Crippen MR) is 86.7 cm³/mol. The average molecular weight is 309 g/mol. The molecule has 0 radical (unpaired) electrons. The Labute approximate surface area is 132 Å². The van der Waals surface area contributed by atoms with E-state index in [1.807, 2.05) is 52.8 Å². The number of alkyl carbamates (subject to hydrolysis) is 1. The van der Waals surface area contributed by atoms with Crippen molar-refractivity contribution in [1.82, 2.24) is 5.32 Å². The molecule has 124 valence electrons. The summed E-state index contributed by atoms with van der Waals surface area (Å²) in [7, 11) is 1.62. The number of amides is 1. The summed E-state index contributed by atoms with van der Waals surface area (Å²) in [6.07, 6.45) is 0.380. The predicted octanol–water partition coefficient (Wildman–Crippen LogP) is 3.55. The first-order chi connectivity index (χ1) is 10.2. The molecule has 1 aromatic rings.